The first-order chi connectivity index (χ1) is 14.0. The molecule has 8 heteroatoms. The Balaban J connectivity index is 1.42. The van der Waals surface area contributed by atoms with Gasteiger partial charge < -0.3 is 24.4 Å². The van der Waals surface area contributed by atoms with Crippen LogP contribution in [0.3, 0.4) is 0 Å². The predicted octanol–water partition coefficient (Wildman–Crippen LogP) is 2.24. The van der Waals surface area contributed by atoms with Gasteiger partial charge in [-0.15, -0.1) is 0 Å². The molecule has 1 atom stereocenters. The van der Waals surface area contributed by atoms with Crippen molar-refractivity contribution in [3.63, 3.8) is 0 Å². The van der Waals surface area contributed by atoms with Crippen LogP contribution >= 0.6 is 0 Å². The molecule has 1 fully saturated rings. The Morgan fingerprint density at radius 1 is 1.07 bits per heavy atom. The van der Waals surface area contributed by atoms with Crippen molar-refractivity contribution >= 4 is 29.2 Å². The van der Waals surface area contributed by atoms with Crippen LogP contribution in [0.4, 0.5) is 11.4 Å². The van der Waals surface area contributed by atoms with Crippen molar-refractivity contribution in [1.82, 2.24) is 0 Å². The molecule has 0 bridgehead atoms. The number of carbonyl (C=O) groups excluding carboxylic acids is 3. The number of nitrogens with zero attached hydrogens (tertiary/aromatic N) is 1. The Morgan fingerprint density at radius 2 is 1.79 bits per heavy atom. The second-order valence-corrected chi connectivity index (χ2v) is 6.79. The number of hydrogen-bond acceptors (Lipinski definition) is 6. The Bertz CT molecular complexity index is 956. The Kier molecular flexibility index (Phi) is 5.07. The van der Waals surface area contributed by atoms with E-state index in [4.69, 9.17) is 9.47 Å². The lowest BCUT2D eigenvalue weighted by atomic mass is 10.1. The first-order valence-electron chi connectivity index (χ1n) is 9.24. The van der Waals surface area contributed by atoms with Gasteiger partial charge in [0.2, 0.25) is 11.8 Å². The first-order valence-corrected chi connectivity index (χ1v) is 9.24. The van der Waals surface area contributed by atoms with Crippen molar-refractivity contribution < 1.29 is 28.6 Å². The molecule has 150 valence electrons. The molecule has 0 aromatic heterocycles. The van der Waals surface area contributed by atoms with Crippen LogP contribution in [0.1, 0.15) is 16.8 Å². The summed E-state index contributed by atoms with van der Waals surface area (Å²) in [6.07, 6.45) is 0.126. The van der Waals surface area contributed by atoms with Gasteiger partial charge in [-0.3, -0.25) is 9.59 Å². The minimum atomic E-state index is -0.476. The van der Waals surface area contributed by atoms with Gasteiger partial charge in [-0.25, -0.2) is 4.79 Å². The molecule has 2 aromatic rings. The van der Waals surface area contributed by atoms with Crippen molar-refractivity contribution in [3.8, 4) is 11.5 Å². The average molecular weight is 396 g/mol. The van der Waals surface area contributed by atoms with Crippen LogP contribution in [0.15, 0.2) is 42.5 Å². The van der Waals surface area contributed by atoms with Crippen LogP contribution in [-0.2, 0) is 14.3 Å². The van der Waals surface area contributed by atoms with E-state index in [0.717, 1.165) is 0 Å². The lowest BCUT2D eigenvalue weighted by molar-refractivity contribution is -0.122. The molecule has 2 heterocycles. The molecule has 2 aliphatic rings. The summed E-state index contributed by atoms with van der Waals surface area (Å²) in [5.41, 5.74) is 1.62. The Morgan fingerprint density at radius 3 is 2.52 bits per heavy atom. The average Bonchev–Trinajstić information content (AvgIpc) is 3.15. The summed E-state index contributed by atoms with van der Waals surface area (Å²) in [5, 5.41) is 2.80. The van der Waals surface area contributed by atoms with Gasteiger partial charge in [-0.05, 0) is 36.4 Å². The van der Waals surface area contributed by atoms with Gasteiger partial charge in [0.15, 0.2) is 11.5 Å². The third-order valence-corrected chi connectivity index (χ3v) is 4.91. The zero-order valence-corrected chi connectivity index (χ0v) is 15.8. The van der Waals surface area contributed by atoms with E-state index in [1.165, 1.54) is 7.11 Å². The molecule has 2 amide bonds. The fourth-order valence-electron chi connectivity index (χ4n) is 3.38. The number of fused-ring (bicyclic) bond motifs is 1. The molecule has 0 saturated carbocycles. The monoisotopic (exact) mass is 396 g/mol. The molecule has 1 N–H and O–H groups in total. The highest BCUT2D eigenvalue weighted by Gasteiger charge is 2.35. The standard InChI is InChI=1S/C21H20N2O6/c1-27-21(26)13-2-4-15(5-3-13)22-20(25)14-10-19(24)23(12-14)16-6-7-17-18(11-16)29-9-8-28-17/h2-7,11,14H,8-10,12H2,1H3,(H,22,25). The van der Waals surface area contributed by atoms with Crippen LogP contribution in [0, 0.1) is 5.92 Å². The number of carbonyl (C=O) groups is 3. The molecule has 4 rings (SSSR count). The van der Waals surface area contributed by atoms with E-state index >= 15 is 0 Å². The van der Waals surface area contributed by atoms with Gasteiger partial charge in [0.05, 0.1) is 18.6 Å². The smallest absolute Gasteiger partial charge is 0.337 e. The highest BCUT2D eigenvalue weighted by molar-refractivity contribution is 6.03. The molecule has 2 aliphatic heterocycles. The highest BCUT2D eigenvalue weighted by atomic mass is 16.6. The van der Waals surface area contributed by atoms with Gasteiger partial charge in [-0.1, -0.05) is 0 Å². The molecule has 1 unspecified atom stereocenters. The number of methoxy groups -OCH3 is 1. The van der Waals surface area contributed by atoms with Crippen molar-refractivity contribution in [3.05, 3.63) is 48.0 Å². The van der Waals surface area contributed by atoms with E-state index in [0.29, 0.717) is 41.7 Å². The van der Waals surface area contributed by atoms with Crippen LogP contribution in [0.25, 0.3) is 0 Å². The second-order valence-electron chi connectivity index (χ2n) is 6.79. The number of benzene rings is 2. The van der Waals surface area contributed by atoms with E-state index in [1.54, 1.807) is 47.4 Å². The molecule has 29 heavy (non-hydrogen) atoms. The largest absolute Gasteiger partial charge is 0.486 e. The summed E-state index contributed by atoms with van der Waals surface area (Å²) in [6, 6.07) is 11.7. The molecule has 0 spiro atoms. The molecular weight excluding hydrogens is 376 g/mol. The summed E-state index contributed by atoms with van der Waals surface area (Å²) in [5.74, 6) is -0.0427. The van der Waals surface area contributed by atoms with Crippen LogP contribution in [0.5, 0.6) is 11.5 Å². The highest BCUT2D eigenvalue weighted by Crippen LogP contribution is 2.36. The number of anilines is 2. The van der Waals surface area contributed by atoms with Crippen LogP contribution < -0.4 is 19.7 Å². The zero-order valence-electron chi connectivity index (χ0n) is 15.8. The molecule has 0 radical (unpaired) electrons. The summed E-state index contributed by atoms with van der Waals surface area (Å²) >= 11 is 0. The van der Waals surface area contributed by atoms with E-state index in [2.05, 4.69) is 10.1 Å². The van der Waals surface area contributed by atoms with Gasteiger partial charge in [0.1, 0.15) is 13.2 Å². The zero-order chi connectivity index (χ0) is 20.4. The minimum Gasteiger partial charge on any atom is -0.486 e. The van der Waals surface area contributed by atoms with Crippen molar-refractivity contribution in [2.45, 2.75) is 6.42 Å². The Labute approximate surface area is 167 Å². The minimum absolute atomic E-state index is 0.122. The van der Waals surface area contributed by atoms with Gasteiger partial charge >= 0.3 is 5.97 Å². The third kappa shape index (κ3) is 3.87. The Hall–Kier alpha value is -3.55. The van der Waals surface area contributed by atoms with E-state index in [9.17, 15) is 14.4 Å². The maximum Gasteiger partial charge on any atom is 0.337 e. The maximum absolute atomic E-state index is 12.6. The van der Waals surface area contributed by atoms with Gasteiger partial charge in [0, 0.05) is 30.4 Å². The summed E-state index contributed by atoms with van der Waals surface area (Å²) in [6.45, 7) is 1.24. The number of amides is 2. The predicted molar refractivity (Wildman–Crippen MR) is 104 cm³/mol. The summed E-state index contributed by atoms with van der Waals surface area (Å²) < 4.78 is 15.7. The van der Waals surface area contributed by atoms with Crippen molar-refractivity contribution in [2.75, 3.05) is 37.1 Å². The molecular formula is C21H20N2O6. The number of ether oxygens (including phenoxy) is 3. The van der Waals surface area contributed by atoms with Gasteiger partial charge in [0.25, 0.3) is 0 Å². The molecule has 2 aromatic carbocycles. The number of nitrogens with one attached hydrogen (secondary N) is 1. The fourth-order valence-corrected chi connectivity index (χ4v) is 3.38. The van der Waals surface area contributed by atoms with Gasteiger partial charge in [-0.2, -0.15) is 0 Å². The lowest BCUT2D eigenvalue weighted by Gasteiger charge is -2.22. The van der Waals surface area contributed by atoms with E-state index in [-0.39, 0.29) is 24.8 Å². The molecule has 1 saturated heterocycles. The summed E-state index contributed by atoms with van der Waals surface area (Å²) in [7, 11) is 1.31. The SMILES string of the molecule is COC(=O)c1ccc(NC(=O)C2CC(=O)N(c3ccc4c(c3)OCCO4)C2)cc1. The van der Waals surface area contributed by atoms with E-state index in [1.807, 2.05) is 0 Å². The third-order valence-electron chi connectivity index (χ3n) is 4.91. The normalized spacial score (nSPS) is 17.8. The molecule has 0 aliphatic carbocycles. The lowest BCUT2D eigenvalue weighted by Crippen LogP contribution is -2.28. The molecule has 8 nitrogen and oxygen atoms in total. The van der Waals surface area contributed by atoms with Crippen LogP contribution in [-0.4, -0.2) is 44.7 Å². The number of esters is 1. The summed E-state index contributed by atoms with van der Waals surface area (Å²) in [4.78, 5) is 38.2. The van der Waals surface area contributed by atoms with Crippen molar-refractivity contribution in [1.29, 1.82) is 0 Å². The first kappa shape index (κ1) is 18.8. The van der Waals surface area contributed by atoms with Crippen molar-refractivity contribution in [2.24, 2.45) is 5.92 Å². The quantitative estimate of drug-likeness (QED) is 0.797. The maximum atomic E-state index is 12.6. The second kappa shape index (κ2) is 7.83. The van der Waals surface area contributed by atoms with Crippen LogP contribution in [0.2, 0.25) is 0 Å². The number of rotatable bonds is 4. The fraction of sp³-hybridized carbons (Fsp3) is 0.286. The topological polar surface area (TPSA) is 94.2 Å². The van der Waals surface area contributed by atoms with E-state index < -0.39 is 11.9 Å². The number of hydrogen-bond donors (Lipinski definition) is 1.